The van der Waals surface area contributed by atoms with E-state index in [4.69, 9.17) is 9.47 Å². The van der Waals surface area contributed by atoms with Gasteiger partial charge >= 0.3 is 0 Å². The van der Waals surface area contributed by atoms with Crippen molar-refractivity contribution in [3.8, 4) is 45.3 Å². The van der Waals surface area contributed by atoms with E-state index >= 15 is 26.3 Å². The van der Waals surface area contributed by atoms with Crippen LogP contribution in [0.3, 0.4) is 0 Å². The Bertz CT molecular complexity index is 3970. The van der Waals surface area contributed by atoms with E-state index in [-0.39, 0.29) is 11.1 Å². The third-order valence-electron chi connectivity index (χ3n) is 15.6. The number of halogens is 6. The van der Waals surface area contributed by atoms with E-state index in [1.54, 1.807) is 60.7 Å². The molecule has 2 aliphatic carbocycles. The first-order chi connectivity index (χ1) is 39.5. The average Bonchev–Trinajstić information content (AvgIpc) is 2.23. The van der Waals surface area contributed by atoms with E-state index in [0.29, 0.717) is 120 Å². The molecule has 2 aliphatic rings. The van der Waals surface area contributed by atoms with Gasteiger partial charge in [0.2, 0.25) is 0 Å². The Morgan fingerprint density at radius 3 is 1.02 bits per heavy atom. The lowest BCUT2D eigenvalue weighted by Crippen LogP contribution is -2.32. The van der Waals surface area contributed by atoms with Crippen LogP contribution in [0.25, 0.3) is 34.4 Å². The molecule has 9 heteroatoms. The summed E-state index contributed by atoms with van der Waals surface area (Å²) in [5, 5.41) is 0. The molecule has 11 aromatic carbocycles. The van der Waals surface area contributed by atoms with Gasteiger partial charge in [-0.05, 0) is 152 Å². The number of para-hydroxylation sites is 1. The minimum atomic E-state index is -1.71. The minimum Gasteiger partial charge on any atom is -0.457 e. The molecular formula is C72H45F6NO2. The van der Waals surface area contributed by atoms with Crippen LogP contribution in [0.5, 0.6) is 23.0 Å². The average molecular weight is 1070 g/mol. The maximum Gasteiger partial charge on any atom is 0.133 e. The number of hydrogen-bond acceptors (Lipinski definition) is 3. The van der Waals surface area contributed by atoms with Crippen molar-refractivity contribution in [1.82, 2.24) is 0 Å². The maximum atomic E-state index is 17.1. The van der Waals surface area contributed by atoms with Crippen LogP contribution in [0.1, 0.15) is 55.6 Å². The largest absolute Gasteiger partial charge is 0.457 e. The Labute approximate surface area is 464 Å². The Kier molecular flexibility index (Phi) is 12.4. The molecule has 0 radical (unpaired) electrons. The molecule has 0 aromatic heterocycles. The third-order valence-corrected chi connectivity index (χ3v) is 15.6. The summed E-state index contributed by atoms with van der Waals surface area (Å²) in [6.07, 6.45) is 3.46. The van der Waals surface area contributed by atoms with Gasteiger partial charge in [0.25, 0.3) is 0 Å². The van der Waals surface area contributed by atoms with E-state index in [0.717, 1.165) is 11.1 Å². The first-order valence-electron chi connectivity index (χ1n) is 26.2. The van der Waals surface area contributed by atoms with Gasteiger partial charge in [0.05, 0.1) is 10.8 Å². The van der Waals surface area contributed by atoms with Crippen LogP contribution < -0.4 is 14.4 Å². The molecule has 0 spiro atoms. The molecule has 81 heavy (non-hydrogen) atoms. The highest BCUT2D eigenvalue weighted by atomic mass is 19.2. The van der Waals surface area contributed by atoms with Gasteiger partial charge in [0, 0.05) is 52.5 Å². The predicted octanol–water partition coefficient (Wildman–Crippen LogP) is 19.6. The highest BCUT2D eigenvalue weighted by molar-refractivity contribution is 5.92. The smallest absolute Gasteiger partial charge is 0.133 e. The fraction of sp³-hybridized carbons (Fsp3) is 0.0278. The molecule has 0 fully saturated rings. The standard InChI is InChI=1S/C72H45F6NO2/c1-3-44-18-28-53(29-19-44)80-55-32-22-46(23-33-55)71(69-65(75)38-48(73)39-66(69)76)61-16-10-8-14-57(61)59-36-26-51(42-63(59)71)79(50-12-6-5-7-13-50)52-27-37-60-58-15-9-11-17-62(58)72(64(60)43-52,70-67(77)40-49(74)41-68(70)78)47-24-34-56(35-25-47)81-54-30-20-45(4-2)21-31-54/h3-43H,1-2H2. The molecule has 0 amide bonds. The lowest BCUT2D eigenvalue weighted by Gasteiger charge is -2.36. The molecule has 0 saturated heterocycles. The van der Waals surface area contributed by atoms with E-state index in [1.807, 2.05) is 169 Å². The normalized spacial score (nSPS) is 15.5. The Morgan fingerprint density at radius 1 is 0.321 bits per heavy atom. The molecule has 13 rings (SSSR count). The van der Waals surface area contributed by atoms with Crippen molar-refractivity contribution in [1.29, 1.82) is 0 Å². The number of fused-ring (bicyclic) bond motifs is 6. The second-order valence-corrected chi connectivity index (χ2v) is 20.0. The first-order valence-corrected chi connectivity index (χ1v) is 26.2. The van der Waals surface area contributed by atoms with Crippen molar-refractivity contribution >= 4 is 29.2 Å². The zero-order valence-corrected chi connectivity index (χ0v) is 43.1. The molecule has 2 unspecified atom stereocenters. The van der Waals surface area contributed by atoms with Crippen LogP contribution in [-0.2, 0) is 10.8 Å². The third kappa shape index (κ3) is 8.22. The van der Waals surface area contributed by atoms with Gasteiger partial charge in [-0.3, -0.25) is 0 Å². The van der Waals surface area contributed by atoms with Crippen LogP contribution in [-0.4, -0.2) is 0 Å². The highest BCUT2D eigenvalue weighted by Crippen LogP contribution is 2.61. The number of anilines is 3. The van der Waals surface area contributed by atoms with Crippen molar-refractivity contribution < 1.29 is 35.8 Å². The van der Waals surface area contributed by atoms with Gasteiger partial charge in [0.1, 0.15) is 57.9 Å². The van der Waals surface area contributed by atoms with E-state index in [9.17, 15) is 0 Å². The first kappa shape index (κ1) is 50.4. The second-order valence-electron chi connectivity index (χ2n) is 20.0. The SMILES string of the molecule is C=Cc1ccc(Oc2ccc(C3(c4c(F)cc(F)cc4F)c4ccccc4-c4ccc(N(c5ccccc5)c5ccc6c(c5)C(c5ccc(Oc7ccc(C=C)cc7)cc5)(c5c(F)cc(F)cc5F)c5ccccc5-6)cc43)cc2)cc1. The highest BCUT2D eigenvalue weighted by Gasteiger charge is 2.51. The van der Waals surface area contributed by atoms with Crippen molar-refractivity contribution in [3.63, 3.8) is 0 Å². The maximum absolute atomic E-state index is 17.1. The van der Waals surface area contributed by atoms with Crippen LogP contribution in [0.2, 0.25) is 0 Å². The van der Waals surface area contributed by atoms with Crippen LogP contribution in [0.4, 0.5) is 43.4 Å². The molecule has 3 nitrogen and oxygen atoms in total. The summed E-state index contributed by atoms with van der Waals surface area (Å²) < 4.78 is 111. The van der Waals surface area contributed by atoms with Gasteiger partial charge < -0.3 is 14.4 Å². The summed E-state index contributed by atoms with van der Waals surface area (Å²) in [5.74, 6) is -4.42. The zero-order valence-electron chi connectivity index (χ0n) is 43.1. The van der Waals surface area contributed by atoms with Gasteiger partial charge in [-0.2, -0.15) is 0 Å². The van der Waals surface area contributed by atoms with Crippen LogP contribution in [0, 0.1) is 34.9 Å². The summed E-state index contributed by atoms with van der Waals surface area (Å²) in [6.45, 7) is 7.66. The Hall–Kier alpha value is -10.1. The lowest BCUT2D eigenvalue weighted by atomic mass is 9.67. The fourth-order valence-electron chi connectivity index (χ4n) is 12.2. The Balaban J connectivity index is 1.02. The number of hydrogen-bond donors (Lipinski definition) is 0. The summed E-state index contributed by atoms with van der Waals surface area (Å²) in [5.41, 5.74) is 5.25. The minimum absolute atomic E-state index is 0.377. The Morgan fingerprint density at radius 2 is 0.654 bits per heavy atom. The van der Waals surface area contributed by atoms with Crippen molar-refractivity contribution in [2.75, 3.05) is 4.90 Å². The van der Waals surface area contributed by atoms with Crippen molar-refractivity contribution in [2.24, 2.45) is 0 Å². The second kappa shape index (κ2) is 20.0. The van der Waals surface area contributed by atoms with Crippen molar-refractivity contribution in [2.45, 2.75) is 10.8 Å². The zero-order chi connectivity index (χ0) is 55.6. The molecule has 0 saturated carbocycles. The molecule has 2 atom stereocenters. The summed E-state index contributed by atoms with van der Waals surface area (Å²) >= 11 is 0. The quantitative estimate of drug-likeness (QED) is 0.107. The van der Waals surface area contributed by atoms with Gasteiger partial charge in [-0.15, -0.1) is 0 Å². The topological polar surface area (TPSA) is 21.7 Å². The lowest BCUT2D eigenvalue weighted by molar-refractivity contribution is 0.481. The summed E-state index contributed by atoms with van der Waals surface area (Å²) in [6, 6.07) is 67.4. The molecule has 0 bridgehead atoms. The number of nitrogens with zero attached hydrogens (tertiary/aromatic N) is 1. The van der Waals surface area contributed by atoms with Gasteiger partial charge in [0.15, 0.2) is 0 Å². The van der Waals surface area contributed by atoms with E-state index in [1.165, 1.54) is 0 Å². The van der Waals surface area contributed by atoms with Gasteiger partial charge in [-0.25, -0.2) is 26.3 Å². The van der Waals surface area contributed by atoms with E-state index < -0.39 is 45.7 Å². The molecule has 392 valence electrons. The van der Waals surface area contributed by atoms with Gasteiger partial charge in [-0.1, -0.05) is 153 Å². The van der Waals surface area contributed by atoms with E-state index in [2.05, 4.69) is 13.2 Å². The molecule has 11 aromatic rings. The fourth-order valence-corrected chi connectivity index (χ4v) is 12.2. The molecule has 0 aliphatic heterocycles. The molecular weight excluding hydrogens is 1020 g/mol. The van der Waals surface area contributed by atoms with Crippen LogP contribution in [0.15, 0.2) is 250 Å². The van der Waals surface area contributed by atoms with Crippen LogP contribution >= 0.6 is 0 Å². The number of rotatable bonds is 13. The monoisotopic (exact) mass is 1070 g/mol. The molecule has 0 N–H and O–H groups in total. The number of benzene rings is 11. The number of ether oxygens (including phenoxy) is 2. The van der Waals surface area contributed by atoms with Crippen molar-refractivity contribution in [3.05, 3.63) is 340 Å². The predicted molar refractivity (Wildman–Crippen MR) is 309 cm³/mol. The summed E-state index contributed by atoms with van der Waals surface area (Å²) in [7, 11) is 0. The summed E-state index contributed by atoms with van der Waals surface area (Å²) in [4.78, 5) is 1.97. The molecule has 0 heterocycles.